The molecule has 1 N–H and O–H groups in total. The molecular formula is C34H40N2O4. The van der Waals surface area contributed by atoms with Crippen LogP contribution in [0.25, 0.3) is 0 Å². The second-order valence-corrected chi connectivity index (χ2v) is 10.3. The third kappa shape index (κ3) is 9.01. The van der Waals surface area contributed by atoms with E-state index < -0.39 is 6.09 Å². The summed E-state index contributed by atoms with van der Waals surface area (Å²) in [4.78, 5) is 27.0. The fraction of sp³-hybridized carbons (Fsp3) is 0.353. The summed E-state index contributed by atoms with van der Waals surface area (Å²) in [5, 5.41) is 2.81. The zero-order chi connectivity index (χ0) is 28.0. The van der Waals surface area contributed by atoms with Gasteiger partial charge in [0.1, 0.15) is 19.0 Å². The fourth-order valence-corrected chi connectivity index (χ4v) is 5.12. The van der Waals surface area contributed by atoms with E-state index in [0.29, 0.717) is 19.6 Å². The van der Waals surface area contributed by atoms with Crippen molar-refractivity contribution >= 4 is 12.0 Å². The molecule has 2 amide bonds. The summed E-state index contributed by atoms with van der Waals surface area (Å²) in [6, 6.07) is 28.2. The van der Waals surface area contributed by atoms with Gasteiger partial charge < -0.3 is 19.7 Å². The van der Waals surface area contributed by atoms with Crippen molar-refractivity contribution in [2.24, 2.45) is 5.92 Å². The number of aryl methyl sites for hydroxylation is 2. The Kier molecular flexibility index (Phi) is 11.2. The zero-order valence-electron chi connectivity index (χ0n) is 23.2. The number of likely N-dealkylation sites (tertiary alicyclic amines) is 1. The van der Waals surface area contributed by atoms with Gasteiger partial charge in [0, 0.05) is 19.0 Å². The molecule has 210 valence electrons. The maximum absolute atomic E-state index is 13.1. The van der Waals surface area contributed by atoms with Gasteiger partial charge in [0.2, 0.25) is 5.91 Å². The lowest BCUT2D eigenvalue weighted by Gasteiger charge is -2.25. The third-order valence-electron chi connectivity index (χ3n) is 7.28. The Bertz CT molecular complexity index is 1200. The summed E-state index contributed by atoms with van der Waals surface area (Å²) < 4.78 is 11.4. The van der Waals surface area contributed by atoms with E-state index in [1.54, 1.807) is 0 Å². The molecule has 1 saturated heterocycles. The van der Waals surface area contributed by atoms with E-state index in [4.69, 9.17) is 9.47 Å². The van der Waals surface area contributed by atoms with Crippen molar-refractivity contribution < 1.29 is 19.1 Å². The maximum Gasteiger partial charge on any atom is 0.407 e. The lowest BCUT2D eigenvalue weighted by atomic mass is 10.0. The summed E-state index contributed by atoms with van der Waals surface area (Å²) in [6.07, 6.45) is 6.49. The van der Waals surface area contributed by atoms with Crippen molar-refractivity contribution in [3.8, 4) is 5.75 Å². The Hall–Kier alpha value is -4.06. The lowest BCUT2D eigenvalue weighted by Crippen LogP contribution is -2.38. The van der Waals surface area contributed by atoms with Crippen LogP contribution in [0.4, 0.5) is 4.79 Å². The minimum atomic E-state index is -0.401. The number of rotatable bonds is 15. The molecule has 1 heterocycles. The molecule has 1 aliphatic rings. The van der Waals surface area contributed by atoms with E-state index in [2.05, 4.69) is 48.3 Å². The normalized spacial score (nSPS) is 16.5. The highest BCUT2D eigenvalue weighted by Gasteiger charge is 2.38. The maximum atomic E-state index is 13.1. The molecule has 6 heteroatoms. The highest BCUT2D eigenvalue weighted by molar-refractivity contribution is 5.81. The van der Waals surface area contributed by atoms with Gasteiger partial charge in [-0.15, -0.1) is 6.58 Å². The Balaban J connectivity index is 1.17. The second kappa shape index (κ2) is 15.5. The predicted molar refractivity (Wildman–Crippen MR) is 158 cm³/mol. The molecule has 0 spiro atoms. The van der Waals surface area contributed by atoms with Gasteiger partial charge >= 0.3 is 6.09 Å². The molecule has 0 aromatic heterocycles. The number of nitrogens with zero attached hydrogens (tertiary/aromatic N) is 1. The molecule has 0 radical (unpaired) electrons. The fourth-order valence-electron chi connectivity index (χ4n) is 5.12. The van der Waals surface area contributed by atoms with Crippen molar-refractivity contribution in [1.29, 1.82) is 0 Å². The van der Waals surface area contributed by atoms with Crippen LogP contribution in [-0.2, 0) is 29.0 Å². The molecule has 0 saturated carbocycles. The van der Waals surface area contributed by atoms with Crippen LogP contribution in [0.5, 0.6) is 5.75 Å². The number of carbonyl (C=O) groups excluding carboxylic acids is 2. The van der Waals surface area contributed by atoms with Crippen molar-refractivity contribution in [2.75, 3.05) is 19.7 Å². The largest absolute Gasteiger partial charge is 0.491 e. The van der Waals surface area contributed by atoms with Gasteiger partial charge in [0.25, 0.3) is 0 Å². The van der Waals surface area contributed by atoms with Gasteiger partial charge in [-0.1, -0.05) is 78.9 Å². The molecule has 1 fully saturated rings. The van der Waals surface area contributed by atoms with E-state index in [1.165, 1.54) is 11.1 Å². The van der Waals surface area contributed by atoms with Gasteiger partial charge in [-0.05, 0) is 67.3 Å². The zero-order valence-corrected chi connectivity index (χ0v) is 23.2. The van der Waals surface area contributed by atoms with Crippen LogP contribution < -0.4 is 10.1 Å². The molecule has 4 rings (SSSR count). The van der Waals surface area contributed by atoms with Crippen molar-refractivity contribution in [2.45, 2.75) is 51.2 Å². The number of alkyl carbamates (subject to hydrolysis) is 1. The average Bonchev–Trinajstić information content (AvgIpc) is 3.28. The number of carbonyl (C=O) groups is 2. The summed E-state index contributed by atoms with van der Waals surface area (Å²) in [5.74, 6) is 1.01. The minimum absolute atomic E-state index is 0.00516. The van der Waals surface area contributed by atoms with Crippen molar-refractivity contribution in [1.82, 2.24) is 10.2 Å². The van der Waals surface area contributed by atoms with E-state index in [-0.39, 0.29) is 24.5 Å². The van der Waals surface area contributed by atoms with Crippen LogP contribution >= 0.6 is 0 Å². The van der Waals surface area contributed by atoms with E-state index >= 15 is 0 Å². The summed E-state index contributed by atoms with van der Waals surface area (Å²) in [6.45, 7) is 5.88. The predicted octanol–water partition coefficient (Wildman–Crippen LogP) is 6.35. The standard InChI is InChI=1S/C34H40N2O4/c1-2-11-30-24-31(36(33(30)37)23-10-17-27-12-5-3-6-13-27)26-39-32-20-18-28(19-21-32)16-9-22-35-34(38)40-25-29-14-7-4-8-15-29/h2-8,12-15,18-21,30-31H,1,9-11,16-17,22-26H2,(H,35,38)/t30-,31+/m1/s1. The molecule has 0 unspecified atom stereocenters. The van der Waals surface area contributed by atoms with Crippen molar-refractivity contribution in [3.63, 3.8) is 0 Å². The van der Waals surface area contributed by atoms with Gasteiger partial charge in [-0.3, -0.25) is 4.79 Å². The number of hydrogen-bond donors (Lipinski definition) is 1. The highest BCUT2D eigenvalue weighted by Crippen LogP contribution is 2.29. The molecule has 2 atom stereocenters. The molecule has 40 heavy (non-hydrogen) atoms. The number of hydrogen-bond acceptors (Lipinski definition) is 4. The highest BCUT2D eigenvalue weighted by atomic mass is 16.5. The topological polar surface area (TPSA) is 67.9 Å². The molecule has 0 aliphatic carbocycles. The third-order valence-corrected chi connectivity index (χ3v) is 7.28. The van der Waals surface area contributed by atoms with Crippen LogP contribution in [0.15, 0.2) is 97.6 Å². The first kappa shape index (κ1) is 28.9. The van der Waals surface area contributed by atoms with Crippen LogP contribution in [-0.4, -0.2) is 42.6 Å². The van der Waals surface area contributed by atoms with Gasteiger partial charge in [-0.25, -0.2) is 4.79 Å². The molecule has 3 aromatic rings. The Morgan fingerprint density at radius 3 is 2.25 bits per heavy atom. The molecule has 0 bridgehead atoms. The lowest BCUT2D eigenvalue weighted by molar-refractivity contribution is -0.132. The molecule has 6 nitrogen and oxygen atoms in total. The van der Waals surface area contributed by atoms with Gasteiger partial charge in [-0.2, -0.15) is 0 Å². The van der Waals surface area contributed by atoms with E-state index in [0.717, 1.165) is 50.0 Å². The number of ether oxygens (including phenoxy) is 2. The average molecular weight is 541 g/mol. The number of amides is 2. The van der Waals surface area contributed by atoms with Gasteiger partial charge in [0.15, 0.2) is 0 Å². The SMILES string of the molecule is C=CC[C@@H]1C[C@@H](COc2ccc(CCCNC(=O)OCc3ccccc3)cc2)N(CCCc2ccccc2)C1=O. The molecule has 1 aliphatic heterocycles. The summed E-state index contributed by atoms with van der Waals surface area (Å²) in [7, 11) is 0. The number of nitrogens with one attached hydrogen (secondary N) is 1. The van der Waals surface area contributed by atoms with Crippen LogP contribution in [0.2, 0.25) is 0 Å². The second-order valence-electron chi connectivity index (χ2n) is 10.3. The van der Waals surface area contributed by atoms with Gasteiger partial charge in [0.05, 0.1) is 6.04 Å². The smallest absolute Gasteiger partial charge is 0.407 e. The first-order valence-electron chi connectivity index (χ1n) is 14.2. The Morgan fingerprint density at radius 2 is 1.55 bits per heavy atom. The van der Waals surface area contributed by atoms with Crippen LogP contribution in [0, 0.1) is 5.92 Å². The van der Waals surface area contributed by atoms with E-state index in [9.17, 15) is 9.59 Å². The van der Waals surface area contributed by atoms with Crippen molar-refractivity contribution in [3.05, 3.63) is 114 Å². The Morgan fingerprint density at radius 1 is 0.900 bits per heavy atom. The first-order valence-corrected chi connectivity index (χ1v) is 14.2. The minimum Gasteiger partial charge on any atom is -0.491 e. The summed E-state index contributed by atoms with van der Waals surface area (Å²) >= 11 is 0. The number of allylic oxidation sites excluding steroid dienone is 1. The van der Waals surface area contributed by atoms with E-state index in [1.807, 2.05) is 59.5 Å². The monoisotopic (exact) mass is 540 g/mol. The first-order chi connectivity index (χ1) is 19.6. The summed E-state index contributed by atoms with van der Waals surface area (Å²) in [5.41, 5.74) is 3.44. The molecular weight excluding hydrogens is 500 g/mol. The quantitative estimate of drug-likeness (QED) is 0.180. The number of benzene rings is 3. The Labute approximate surface area is 238 Å². The van der Waals surface area contributed by atoms with Crippen LogP contribution in [0.3, 0.4) is 0 Å². The molecule has 3 aromatic carbocycles. The van der Waals surface area contributed by atoms with Crippen LogP contribution in [0.1, 0.15) is 42.4 Å².